The second-order valence-electron chi connectivity index (χ2n) is 3.06. The van der Waals surface area contributed by atoms with Crippen LogP contribution in [0.2, 0.25) is 0 Å². The molecular formula is C7H12F2N4. The van der Waals surface area contributed by atoms with E-state index in [1.54, 1.807) is 6.92 Å². The first-order valence-corrected chi connectivity index (χ1v) is 4.01. The molecule has 4 nitrogen and oxygen atoms in total. The van der Waals surface area contributed by atoms with Gasteiger partial charge in [-0.05, 0) is 5.92 Å². The number of aromatic nitrogens is 3. The number of anilines is 1. The Morgan fingerprint density at radius 1 is 1.62 bits per heavy atom. The highest BCUT2D eigenvalue weighted by Crippen LogP contribution is 2.11. The van der Waals surface area contributed by atoms with E-state index < -0.39 is 6.43 Å². The van der Waals surface area contributed by atoms with E-state index in [4.69, 9.17) is 5.73 Å². The van der Waals surface area contributed by atoms with E-state index in [9.17, 15) is 8.78 Å². The highest BCUT2D eigenvalue weighted by atomic mass is 19.3. The number of nitrogens with zero attached hydrogens (tertiary/aromatic N) is 3. The number of hydrogen-bond donors (Lipinski definition) is 1. The van der Waals surface area contributed by atoms with Crippen LogP contribution < -0.4 is 5.73 Å². The predicted octanol–water partition coefficient (Wildman–Crippen LogP) is 1.15. The summed E-state index contributed by atoms with van der Waals surface area (Å²) >= 11 is 0. The van der Waals surface area contributed by atoms with Crippen molar-refractivity contribution in [2.24, 2.45) is 5.92 Å². The molecule has 0 aliphatic rings. The molecule has 0 bridgehead atoms. The van der Waals surface area contributed by atoms with Gasteiger partial charge >= 0.3 is 0 Å². The SMILES string of the molecule is CC(CC(F)F)Cn1cnc(N)n1. The third-order valence-corrected chi connectivity index (χ3v) is 1.63. The number of rotatable bonds is 4. The molecule has 13 heavy (non-hydrogen) atoms. The van der Waals surface area contributed by atoms with Crippen LogP contribution in [0.4, 0.5) is 14.7 Å². The maximum Gasteiger partial charge on any atom is 0.239 e. The Labute approximate surface area is 74.8 Å². The first-order chi connectivity index (χ1) is 6.08. The molecule has 0 aromatic carbocycles. The van der Waals surface area contributed by atoms with Crippen molar-refractivity contribution in [1.82, 2.24) is 14.8 Å². The molecule has 0 aliphatic carbocycles. The van der Waals surface area contributed by atoms with Crippen LogP contribution in [0.3, 0.4) is 0 Å². The van der Waals surface area contributed by atoms with Crippen molar-refractivity contribution in [2.45, 2.75) is 26.3 Å². The lowest BCUT2D eigenvalue weighted by molar-refractivity contribution is 0.113. The molecule has 0 saturated carbocycles. The van der Waals surface area contributed by atoms with E-state index in [1.165, 1.54) is 11.0 Å². The zero-order valence-corrected chi connectivity index (χ0v) is 7.32. The summed E-state index contributed by atoms with van der Waals surface area (Å²) in [7, 11) is 0. The lowest BCUT2D eigenvalue weighted by Gasteiger charge is -2.09. The van der Waals surface area contributed by atoms with Gasteiger partial charge in [0.05, 0.1) is 0 Å². The molecule has 2 N–H and O–H groups in total. The average Bonchev–Trinajstić information content (AvgIpc) is 2.33. The molecule has 1 unspecified atom stereocenters. The van der Waals surface area contributed by atoms with Crippen molar-refractivity contribution < 1.29 is 8.78 Å². The fourth-order valence-corrected chi connectivity index (χ4v) is 1.10. The lowest BCUT2D eigenvalue weighted by Crippen LogP contribution is -2.11. The molecule has 1 heterocycles. The number of nitrogens with two attached hydrogens (primary N) is 1. The van der Waals surface area contributed by atoms with Gasteiger partial charge < -0.3 is 5.73 Å². The quantitative estimate of drug-likeness (QED) is 0.774. The molecule has 6 heteroatoms. The largest absolute Gasteiger partial charge is 0.367 e. The Bertz CT molecular complexity index is 261. The maximum absolute atomic E-state index is 11.9. The molecular weight excluding hydrogens is 178 g/mol. The van der Waals surface area contributed by atoms with Crippen molar-refractivity contribution in [1.29, 1.82) is 0 Å². The monoisotopic (exact) mass is 190 g/mol. The van der Waals surface area contributed by atoms with Gasteiger partial charge in [-0.1, -0.05) is 6.92 Å². The third-order valence-electron chi connectivity index (χ3n) is 1.63. The van der Waals surface area contributed by atoms with E-state index in [2.05, 4.69) is 10.1 Å². The van der Waals surface area contributed by atoms with Gasteiger partial charge in [-0.2, -0.15) is 0 Å². The highest BCUT2D eigenvalue weighted by Gasteiger charge is 2.11. The first kappa shape index (κ1) is 9.88. The zero-order valence-electron chi connectivity index (χ0n) is 7.32. The maximum atomic E-state index is 11.9. The van der Waals surface area contributed by atoms with Crippen molar-refractivity contribution in [3.05, 3.63) is 6.33 Å². The molecule has 0 saturated heterocycles. The van der Waals surface area contributed by atoms with Gasteiger partial charge in [0.15, 0.2) is 0 Å². The van der Waals surface area contributed by atoms with Crippen LogP contribution in [0.5, 0.6) is 0 Å². The van der Waals surface area contributed by atoms with Crippen LogP contribution in [0.1, 0.15) is 13.3 Å². The summed E-state index contributed by atoms with van der Waals surface area (Å²) in [6.45, 7) is 2.17. The average molecular weight is 190 g/mol. The Hall–Kier alpha value is -1.20. The molecule has 0 radical (unpaired) electrons. The summed E-state index contributed by atoms with van der Waals surface area (Å²) in [4.78, 5) is 3.69. The van der Waals surface area contributed by atoms with E-state index in [0.29, 0.717) is 6.54 Å². The Morgan fingerprint density at radius 2 is 2.31 bits per heavy atom. The molecule has 1 atom stereocenters. The van der Waals surface area contributed by atoms with Gasteiger partial charge in [-0.15, -0.1) is 5.10 Å². The Kier molecular flexibility index (Phi) is 3.16. The summed E-state index contributed by atoms with van der Waals surface area (Å²) < 4.78 is 25.3. The minimum atomic E-state index is -2.27. The molecule has 1 rings (SSSR count). The van der Waals surface area contributed by atoms with Crippen molar-refractivity contribution in [3.63, 3.8) is 0 Å². The zero-order chi connectivity index (χ0) is 9.84. The van der Waals surface area contributed by atoms with E-state index in [-0.39, 0.29) is 18.3 Å². The molecule has 0 amide bonds. The number of alkyl halides is 2. The van der Waals surface area contributed by atoms with E-state index >= 15 is 0 Å². The third kappa shape index (κ3) is 3.35. The van der Waals surface area contributed by atoms with Gasteiger partial charge in [0.1, 0.15) is 6.33 Å². The summed E-state index contributed by atoms with van der Waals surface area (Å²) in [5.41, 5.74) is 5.26. The van der Waals surface area contributed by atoms with E-state index in [0.717, 1.165) is 0 Å². The summed E-state index contributed by atoms with van der Waals surface area (Å²) in [5.74, 6) is 0.0466. The second-order valence-corrected chi connectivity index (χ2v) is 3.06. The summed E-state index contributed by atoms with van der Waals surface area (Å²) in [6, 6.07) is 0. The van der Waals surface area contributed by atoms with Gasteiger partial charge in [-0.25, -0.2) is 13.8 Å². The molecule has 74 valence electrons. The van der Waals surface area contributed by atoms with Gasteiger partial charge in [-0.3, -0.25) is 4.68 Å². The topological polar surface area (TPSA) is 56.7 Å². The normalized spacial score (nSPS) is 13.5. The molecule has 0 aliphatic heterocycles. The van der Waals surface area contributed by atoms with Crippen molar-refractivity contribution >= 4 is 5.95 Å². The Morgan fingerprint density at radius 3 is 2.77 bits per heavy atom. The van der Waals surface area contributed by atoms with Crippen molar-refractivity contribution in [2.75, 3.05) is 5.73 Å². The second kappa shape index (κ2) is 4.15. The highest BCUT2D eigenvalue weighted by molar-refractivity contribution is 5.09. The Balaban J connectivity index is 2.40. The molecule has 1 aromatic heterocycles. The lowest BCUT2D eigenvalue weighted by atomic mass is 10.1. The van der Waals surface area contributed by atoms with Gasteiger partial charge in [0.25, 0.3) is 0 Å². The number of nitrogen functional groups attached to an aromatic ring is 1. The minimum absolute atomic E-state index is 0.124. The van der Waals surface area contributed by atoms with Gasteiger partial charge in [0.2, 0.25) is 12.4 Å². The van der Waals surface area contributed by atoms with Gasteiger partial charge in [0, 0.05) is 13.0 Å². The molecule has 0 spiro atoms. The summed E-state index contributed by atoms with van der Waals surface area (Å²) in [5, 5.41) is 3.80. The smallest absolute Gasteiger partial charge is 0.239 e. The fraction of sp³-hybridized carbons (Fsp3) is 0.714. The van der Waals surface area contributed by atoms with E-state index in [1.807, 2.05) is 0 Å². The predicted molar refractivity (Wildman–Crippen MR) is 44.2 cm³/mol. The van der Waals surface area contributed by atoms with Crippen molar-refractivity contribution in [3.8, 4) is 0 Å². The summed E-state index contributed by atoms with van der Waals surface area (Å²) in [6.07, 6.45) is -0.951. The van der Waals surface area contributed by atoms with Crippen LogP contribution in [0, 0.1) is 5.92 Å². The van der Waals surface area contributed by atoms with Crippen LogP contribution in [-0.2, 0) is 6.54 Å². The standard InChI is InChI=1S/C7H12F2N4/c1-5(2-6(8)9)3-13-4-11-7(10)12-13/h4-6H,2-3H2,1H3,(H2,10,12). The molecule has 1 aromatic rings. The van der Waals surface area contributed by atoms with Crippen LogP contribution in [0.15, 0.2) is 6.33 Å². The number of halogens is 2. The fourth-order valence-electron chi connectivity index (χ4n) is 1.10. The number of hydrogen-bond acceptors (Lipinski definition) is 3. The van der Waals surface area contributed by atoms with Crippen LogP contribution in [-0.4, -0.2) is 21.2 Å². The van der Waals surface area contributed by atoms with Crippen LogP contribution in [0.25, 0.3) is 0 Å². The van der Waals surface area contributed by atoms with Crippen LogP contribution >= 0.6 is 0 Å². The molecule has 0 fully saturated rings. The first-order valence-electron chi connectivity index (χ1n) is 4.01. The minimum Gasteiger partial charge on any atom is -0.367 e.